The first-order valence-corrected chi connectivity index (χ1v) is 7.89. The van der Waals surface area contributed by atoms with E-state index in [9.17, 15) is 0 Å². The van der Waals surface area contributed by atoms with Gasteiger partial charge in [-0.15, -0.1) is 0 Å². The summed E-state index contributed by atoms with van der Waals surface area (Å²) >= 11 is 0. The highest BCUT2D eigenvalue weighted by Crippen LogP contribution is 2.25. The Hall–Kier alpha value is -1.74. The number of nitrogens with one attached hydrogen (secondary N) is 1. The van der Waals surface area contributed by atoms with E-state index in [0.717, 1.165) is 43.2 Å². The van der Waals surface area contributed by atoms with Gasteiger partial charge in [-0.3, -0.25) is 0 Å². The van der Waals surface area contributed by atoms with Crippen molar-refractivity contribution in [1.29, 1.82) is 0 Å². The second-order valence-corrected chi connectivity index (χ2v) is 5.95. The van der Waals surface area contributed by atoms with Crippen molar-refractivity contribution in [1.82, 2.24) is 15.3 Å². The summed E-state index contributed by atoms with van der Waals surface area (Å²) < 4.78 is 0. The minimum absolute atomic E-state index is 0.728. The van der Waals surface area contributed by atoms with E-state index in [1.54, 1.807) is 0 Å². The molecule has 3 rings (SSSR count). The molecule has 1 heterocycles. The molecule has 0 saturated carbocycles. The number of aromatic nitrogens is 2. The number of aryl methyl sites for hydroxylation is 2. The lowest BCUT2D eigenvalue weighted by Gasteiger charge is -2.24. The van der Waals surface area contributed by atoms with E-state index in [-0.39, 0.29) is 0 Å². The lowest BCUT2D eigenvalue weighted by molar-refractivity contribution is 0.425. The molecule has 1 aliphatic carbocycles. The van der Waals surface area contributed by atoms with Gasteiger partial charge in [0.25, 0.3) is 0 Å². The highest BCUT2D eigenvalue weighted by Gasteiger charge is 2.20. The first-order chi connectivity index (χ1) is 10.3. The van der Waals surface area contributed by atoms with Gasteiger partial charge in [-0.1, -0.05) is 30.7 Å². The van der Waals surface area contributed by atoms with Gasteiger partial charge in [-0.25, -0.2) is 9.97 Å². The van der Waals surface area contributed by atoms with Crippen molar-refractivity contribution < 1.29 is 0 Å². The molecule has 1 aromatic carbocycles. The Labute approximate surface area is 126 Å². The molecule has 1 aromatic heterocycles. The molecule has 0 radical (unpaired) electrons. The van der Waals surface area contributed by atoms with Crippen molar-refractivity contribution >= 4 is 0 Å². The van der Waals surface area contributed by atoms with Gasteiger partial charge in [-0.2, -0.15) is 0 Å². The van der Waals surface area contributed by atoms with E-state index in [0.29, 0.717) is 0 Å². The van der Waals surface area contributed by atoms with Crippen LogP contribution < -0.4 is 5.32 Å². The molecular weight excluding hydrogens is 258 g/mol. The molecule has 0 spiro atoms. The molecule has 0 bridgehead atoms. The standard InChI is InChI=1S/C18H23N3/c1-3-19-11-14-7-8-17-16(10-14)12-20-18(21-17)15-6-4-5-13(2)9-15/h4-6,9,12,14,19H,3,7-8,10-11H2,1-2H3. The van der Waals surface area contributed by atoms with E-state index in [1.165, 1.54) is 23.2 Å². The summed E-state index contributed by atoms with van der Waals surface area (Å²) in [5.74, 6) is 1.59. The van der Waals surface area contributed by atoms with Gasteiger partial charge in [0.2, 0.25) is 0 Å². The quantitative estimate of drug-likeness (QED) is 0.935. The second-order valence-electron chi connectivity index (χ2n) is 5.95. The van der Waals surface area contributed by atoms with Gasteiger partial charge < -0.3 is 5.32 Å². The zero-order valence-corrected chi connectivity index (χ0v) is 12.9. The maximum atomic E-state index is 4.81. The zero-order chi connectivity index (χ0) is 14.7. The van der Waals surface area contributed by atoms with Crippen LogP contribution in [0.2, 0.25) is 0 Å². The number of fused-ring (bicyclic) bond motifs is 1. The molecule has 0 saturated heterocycles. The molecule has 1 atom stereocenters. The third-order valence-corrected chi connectivity index (χ3v) is 4.21. The predicted molar refractivity (Wildman–Crippen MR) is 86.3 cm³/mol. The number of benzene rings is 1. The summed E-state index contributed by atoms with van der Waals surface area (Å²) in [5, 5.41) is 3.45. The van der Waals surface area contributed by atoms with E-state index in [1.807, 2.05) is 6.20 Å². The van der Waals surface area contributed by atoms with Crippen LogP contribution in [0.5, 0.6) is 0 Å². The van der Waals surface area contributed by atoms with Crippen molar-refractivity contribution in [2.75, 3.05) is 13.1 Å². The highest BCUT2D eigenvalue weighted by atomic mass is 14.9. The van der Waals surface area contributed by atoms with Crippen LogP contribution in [0.3, 0.4) is 0 Å². The topological polar surface area (TPSA) is 37.8 Å². The monoisotopic (exact) mass is 281 g/mol. The third kappa shape index (κ3) is 3.30. The minimum Gasteiger partial charge on any atom is -0.317 e. The number of hydrogen-bond donors (Lipinski definition) is 1. The number of rotatable bonds is 4. The van der Waals surface area contributed by atoms with Crippen molar-refractivity contribution in [2.45, 2.75) is 33.1 Å². The lowest BCUT2D eigenvalue weighted by Crippen LogP contribution is -2.27. The lowest BCUT2D eigenvalue weighted by atomic mass is 9.87. The molecule has 0 fully saturated rings. The van der Waals surface area contributed by atoms with Crippen molar-refractivity contribution in [3.63, 3.8) is 0 Å². The highest BCUT2D eigenvalue weighted by molar-refractivity contribution is 5.56. The fraction of sp³-hybridized carbons (Fsp3) is 0.444. The molecule has 3 heteroatoms. The number of hydrogen-bond acceptors (Lipinski definition) is 3. The predicted octanol–water partition coefficient (Wildman–Crippen LogP) is 3.17. The summed E-state index contributed by atoms with van der Waals surface area (Å²) in [7, 11) is 0. The molecular formula is C18H23N3. The van der Waals surface area contributed by atoms with E-state index in [4.69, 9.17) is 4.98 Å². The smallest absolute Gasteiger partial charge is 0.159 e. The van der Waals surface area contributed by atoms with Crippen LogP contribution in [0, 0.1) is 12.8 Å². The van der Waals surface area contributed by atoms with Gasteiger partial charge in [0.15, 0.2) is 5.82 Å². The molecule has 110 valence electrons. The van der Waals surface area contributed by atoms with E-state index in [2.05, 4.69) is 48.4 Å². The largest absolute Gasteiger partial charge is 0.317 e. The Kier molecular flexibility index (Phi) is 4.30. The van der Waals surface area contributed by atoms with Crippen LogP contribution >= 0.6 is 0 Å². The van der Waals surface area contributed by atoms with Crippen LogP contribution in [-0.2, 0) is 12.8 Å². The summed E-state index contributed by atoms with van der Waals surface area (Å²) in [5.41, 5.74) is 4.95. The summed E-state index contributed by atoms with van der Waals surface area (Å²) in [6.07, 6.45) is 5.45. The van der Waals surface area contributed by atoms with Gasteiger partial charge in [0.05, 0.1) is 0 Å². The Bertz CT molecular complexity index is 622. The normalized spacial score (nSPS) is 17.5. The molecule has 0 aliphatic heterocycles. The minimum atomic E-state index is 0.728. The molecule has 0 amide bonds. The summed E-state index contributed by atoms with van der Waals surface area (Å²) in [6, 6.07) is 8.41. The maximum absolute atomic E-state index is 4.81. The summed E-state index contributed by atoms with van der Waals surface area (Å²) in [6.45, 7) is 6.42. The molecule has 21 heavy (non-hydrogen) atoms. The molecule has 3 nitrogen and oxygen atoms in total. The molecule has 2 aromatic rings. The van der Waals surface area contributed by atoms with Crippen LogP contribution in [0.15, 0.2) is 30.5 Å². The third-order valence-electron chi connectivity index (χ3n) is 4.21. The van der Waals surface area contributed by atoms with Gasteiger partial charge in [0, 0.05) is 17.5 Å². The van der Waals surface area contributed by atoms with Gasteiger partial charge >= 0.3 is 0 Å². The molecule has 1 aliphatic rings. The Morgan fingerprint density at radius 3 is 3.05 bits per heavy atom. The van der Waals surface area contributed by atoms with Crippen LogP contribution in [0.4, 0.5) is 0 Å². The Morgan fingerprint density at radius 2 is 2.24 bits per heavy atom. The Balaban J connectivity index is 1.80. The van der Waals surface area contributed by atoms with Crippen molar-refractivity contribution in [3.05, 3.63) is 47.3 Å². The van der Waals surface area contributed by atoms with E-state index < -0.39 is 0 Å². The average Bonchev–Trinajstić information content (AvgIpc) is 2.52. The second kappa shape index (κ2) is 6.35. The molecule has 1 unspecified atom stereocenters. The van der Waals surface area contributed by atoms with Gasteiger partial charge in [-0.05, 0) is 56.8 Å². The fourth-order valence-corrected chi connectivity index (χ4v) is 3.03. The van der Waals surface area contributed by atoms with E-state index >= 15 is 0 Å². The SMILES string of the molecule is CCNCC1CCc2nc(-c3cccc(C)c3)ncc2C1. The molecule has 1 N–H and O–H groups in total. The first-order valence-electron chi connectivity index (χ1n) is 7.89. The fourth-order valence-electron chi connectivity index (χ4n) is 3.03. The van der Waals surface area contributed by atoms with Crippen LogP contribution in [0.25, 0.3) is 11.4 Å². The summed E-state index contributed by atoms with van der Waals surface area (Å²) in [4.78, 5) is 9.39. The van der Waals surface area contributed by atoms with Crippen molar-refractivity contribution in [2.24, 2.45) is 5.92 Å². The number of nitrogens with zero attached hydrogens (tertiary/aromatic N) is 2. The zero-order valence-electron chi connectivity index (χ0n) is 12.9. The van der Waals surface area contributed by atoms with Crippen LogP contribution in [-0.4, -0.2) is 23.1 Å². The van der Waals surface area contributed by atoms with Crippen LogP contribution in [0.1, 0.15) is 30.2 Å². The average molecular weight is 281 g/mol. The first kappa shape index (κ1) is 14.2. The Morgan fingerprint density at radius 1 is 1.33 bits per heavy atom. The van der Waals surface area contributed by atoms with Gasteiger partial charge in [0.1, 0.15) is 0 Å². The maximum Gasteiger partial charge on any atom is 0.159 e. The van der Waals surface area contributed by atoms with Crippen molar-refractivity contribution in [3.8, 4) is 11.4 Å².